The number of nitrogens with two attached hydrogens (primary N) is 1. The van der Waals surface area contributed by atoms with E-state index >= 15 is 0 Å². The zero-order chi connectivity index (χ0) is 42.2. The molecule has 11 heteroatoms. The molecule has 0 bridgehead atoms. The molecule has 0 saturated heterocycles. The minimum Gasteiger partial charge on any atom is -0.469 e. The monoisotopic (exact) mass is 862 g/mol. The maximum atomic E-state index is 11.3. The van der Waals surface area contributed by atoms with Gasteiger partial charge in [-0.3, -0.25) is 19.2 Å². The Morgan fingerprint density at radius 3 is 1.42 bits per heavy atom. The molecule has 0 fully saturated rings. The summed E-state index contributed by atoms with van der Waals surface area (Å²) in [7, 11) is 2.88. The molecule has 10 nitrogen and oxygen atoms in total. The van der Waals surface area contributed by atoms with Gasteiger partial charge >= 0.3 is 23.9 Å². The van der Waals surface area contributed by atoms with Gasteiger partial charge in [-0.1, -0.05) is 103 Å². The van der Waals surface area contributed by atoms with Crippen LogP contribution >= 0.6 is 15.9 Å². The third-order valence-electron chi connectivity index (χ3n) is 9.06. The summed E-state index contributed by atoms with van der Waals surface area (Å²) in [6, 6.07) is 17.0. The van der Waals surface area contributed by atoms with Crippen molar-refractivity contribution in [2.75, 3.05) is 39.3 Å². The number of alkyl halides is 1. The molecule has 0 unspecified atom stereocenters. The second-order valence-electron chi connectivity index (χ2n) is 13.9. The fourth-order valence-electron chi connectivity index (χ4n) is 5.85. The van der Waals surface area contributed by atoms with Crippen LogP contribution in [0.3, 0.4) is 0 Å². The number of rotatable bonds is 30. The zero-order valence-corrected chi connectivity index (χ0v) is 37.3. The topological polar surface area (TPSA) is 143 Å². The molecule has 0 aliphatic carbocycles. The number of benzene rings is 2. The van der Waals surface area contributed by atoms with Crippen LogP contribution in [-0.2, 0) is 64.1 Å². The number of hydrogen-bond acceptors (Lipinski definition) is 10. The quantitative estimate of drug-likeness (QED) is 0.0337. The van der Waals surface area contributed by atoms with Crippen LogP contribution in [0.5, 0.6) is 0 Å². The van der Waals surface area contributed by atoms with Crippen LogP contribution in [0.2, 0.25) is 0 Å². The third kappa shape index (κ3) is 34.5. The van der Waals surface area contributed by atoms with E-state index < -0.39 is 0 Å². The van der Waals surface area contributed by atoms with E-state index in [1.807, 2.05) is 26.0 Å². The summed E-state index contributed by atoms with van der Waals surface area (Å²) in [4.78, 5) is 44.1. The van der Waals surface area contributed by atoms with E-state index in [2.05, 4.69) is 67.1 Å². The van der Waals surface area contributed by atoms with Crippen molar-refractivity contribution in [1.82, 2.24) is 5.32 Å². The number of aryl methyl sites for hydroxylation is 2. The van der Waals surface area contributed by atoms with Crippen LogP contribution in [0.4, 0.5) is 0 Å². The molecule has 2 aromatic rings. The molecule has 0 saturated carbocycles. The lowest BCUT2D eigenvalue weighted by Gasteiger charge is -2.08. The van der Waals surface area contributed by atoms with Crippen molar-refractivity contribution < 1.29 is 38.1 Å². The first-order valence-corrected chi connectivity index (χ1v) is 22.4. The fraction of sp³-hybridized carbons (Fsp3) is 0.652. The third-order valence-corrected chi connectivity index (χ3v) is 9.62. The Kier molecular flexibility index (Phi) is 37.3. The highest BCUT2D eigenvalue weighted by Gasteiger charge is 2.04. The molecule has 0 aromatic heterocycles. The van der Waals surface area contributed by atoms with Gasteiger partial charge in [0.05, 0.1) is 27.4 Å². The van der Waals surface area contributed by atoms with Crippen LogP contribution in [0.25, 0.3) is 0 Å². The van der Waals surface area contributed by atoms with Gasteiger partial charge in [-0.25, -0.2) is 0 Å². The van der Waals surface area contributed by atoms with E-state index in [9.17, 15) is 19.2 Å². The minimum absolute atomic E-state index is 0.0875. The van der Waals surface area contributed by atoms with Crippen molar-refractivity contribution in [2.45, 2.75) is 155 Å². The number of unbranched alkanes of at least 4 members (excludes halogenated alkanes) is 10. The van der Waals surface area contributed by atoms with Crippen LogP contribution in [-0.4, -0.2) is 63.2 Å². The Labute approximate surface area is 353 Å². The Balaban J connectivity index is 0.000000916. The van der Waals surface area contributed by atoms with Crippen LogP contribution in [0.15, 0.2) is 48.5 Å². The standard InChI is InChI=1S/C23H37NO4.C14H21NO2.C9H17BrO2/c1-3-28-23(26)16-9-8-12-20-13-11-14-21(18-20)19-24-17-10-6-4-5-7-15-22(25)27-2;1-2-17-14(16)9-4-3-6-12-7-5-8-13(10-12)11-15;1-12-9(11)7-5-3-2-4-6-8-10/h11,13-14,18,24H,3-10,12,15-17,19H2,1-2H3;5,7-8,10H,2-4,6,9,11,15H2,1H3;2-8H2,1H3. The molecular weight excluding hydrogens is 788 g/mol. The van der Waals surface area contributed by atoms with Gasteiger partial charge in [0.15, 0.2) is 0 Å². The lowest BCUT2D eigenvalue weighted by atomic mass is 10.0. The summed E-state index contributed by atoms with van der Waals surface area (Å²) in [6.45, 7) is 7.08. The van der Waals surface area contributed by atoms with Crippen molar-refractivity contribution in [1.29, 1.82) is 0 Å². The molecule has 0 amide bonds. The first-order valence-electron chi connectivity index (χ1n) is 21.3. The van der Waals surface area contributed by atoms with Gasteiger partial charge in [0.25, 0.3) is 0 Å². The van der Waals surface area contributed by atoms with E-state index in [0.29, 0.717) is 45.4 Å². The largest absolute Gasteiger partial charge is 0.469 e. The number of halogens is 1. The summed E-state index contributed by atoms with van der Waals surface area (Å²) >= 11 is 3.38. The van der Waals surface area contributed by atoms with Crippen molar-refractivity contribution in [3.05, 3.63) is 70.8 Å². The second-order valence-corrected chi connectivity index (χ2v) is 14.7. The maximum Gasteiger partial charge on any atom is 0.305 e. The van der Waals surface area contributed by atoms with Crippen LogP contribution in [0.1, 0.15) is 152 Å². The van der Waals surface area contributed by atoms with Crippen molar-refractivity contribution in [3.63, 3.8) is 0 Å². The number of methoxy groups -OCH3 is 2. The fourth-order valence-corrected chi connectivity index (χ4v) is 6.25. The normalized spacial score (nSPS) is 10.4. The number of carbonyl (C=O) groups is 4. The first kappa shape index (κ1) is 53.7. The summed E-state index contributed by atoms with van der Waals surface area (Å²) in [5.74, 6) is -0.384. The van der Waals surface area contributed by atoms with Gasteiger partial charge in [0.2, 0.25) is 0 Å². The predicted molar refractivity (Wildman–Crippen MR) is 234 cm³/mol. The van der Waals surface area contributed by atoms with Gasteiger partial charge in [0, 0.05) is 44.1 Å². The van der Waals surface area contributed by atoms with Crippen LogP contribution < -0.4 is 11.1 Å². The van der Waals surface area contributed by atoms with Crippen molar-refractivity contribution >= 4 is 39.8 Å². The average Bonchev–Trinajstić information content (AvgIpc) is 3.22. The first-order chi connectivity index (χ1) is 27.7. The lowest BCUT2D eigenvalue weighted by Crippen LogP contribution is -2.14. The molecule has 0 aliphatic rings. The van der Waals surface area contributed by atoms with E-state index in [-0.39, 0.29) is 23.9 Å². The van der Waals surface area contributed by atoms with Gasteiger partial charge < -0.3 is 30.0 Å². The van der Waals surface area contributed by atoms with E-state index in [1.54, 1.807) is 0 Å². The summed E-state index contributed by atoms with van der Waals surface area (Å²) < 4.78 is 19.0. The van der Waals surface area contributed by atoms with Gasteiger partial charge in [-0.05, 0) is 107 Å². The summed E-state index contributed by atoms with van der Waals surface area (Å²) in [5, 5.41) is 4.60. The van der Waals surface area contributed by atoms with E-state index in [4.69, 9.17) is 15.2 Å². The second kappa shape index (κ2) is 39.5. The number of hydrogen-bond donors (Lipinski definition) is 2. The molecule has 324 valence electrons. The van der Waals surface area contributed by atoms with E-state index in [1.165, 1.54) is 63.0 Å². The maximum absolute atomic E-state index is 11.3. The summed E-state index contributed by atoms with van der Waals surface area (Å²) in [5.41, 5.74) is 10.7. The molecule has 3 N–H and O–H groups in total. The average molecular weight is 864 g/mol. The number of carbonyl (C=O) groups excluding carboxylic acids is 4. The molecule has 57 heavy (non-hydrogen) atoms. The van der Waals surface area contributed by atoms with Gasteiger partial charge in [-0.15, -0.1) is 0 Å². The SMILES string of the molecule is CCOC(=O)CCCCc1cccc(CN)c1.CCOC(=O)CCCCc1cccc(CNCCCCCCCC(=O)OC)c1.COC(=O)CCCCCCCBr. The number of nitrogens with one attached hydrogen (secondary N) is 1. The Hall–Kier alpha value is -3.28. The van der Waals surface area contributed by atoms with Crippen molar-refractivity contribution in [3.8, 4) is 0 Å². The number of esters is 4. The summed E-state index contributed by atoms with van der Waals surface area (Å²) in [6.07, 6.45) is 19.3. The zero-order valence-electron chi connectivity index (χ0n) is 35.7. The van der Waals surface area contributed by atoms with Gasteiger partial charge in [0.1, 0.15) is 0 Å². The van der Waals surface area contributed by atoms with E-state index in [0.717, 1.165) is 94.6 Å². The van der Waals surface area contributed by atoms with Gasteiger partial charge in [-0.2, -0.15) is 0 Å². The number of ether oxygens (including phenoxy) is 4. The predicted octanol–water partition coefficient (Wildman–Crippen LogP) is 9.88. The molecular formula is C46H75BrN2O8. The lowest BCUT2D eigenvalue weighted by molar-refractivity contribution is -0.144. The molecule has 0 radical (unpaired) electrons. The molecule has 0 heterocycles. The molecule has 0 aliphatic heterocycles. The van der Waals surface area contributed by atoms with Crippen LogP contribution in [0, 0.1) is 0 Å². The Morgan fingerprint density at radius 2 is 0.947 bits per heavy atom. The molecule has 0 atom stereocenters. The smallest absolute Gasteiger partial charge is 0.305 e. The Morgan fingerprint density at radius 1 is 0.544 bits per heavy atom. The molecule has 0 spiro atoms. The Bertz CT molecular complexity index is 1310. The highest BCUT2D eigenvalue weighted by Crippen LogP contribution is 2.12. The minimum atomic E-state index is -0.108. The highest BCUT2D eigenvalue weighted by atomic mass is 79.9. The highest BCUT2D eigenvalue weighted by molar-refractivity contribution is 9.09. The molecule has 2 aromatic carbocycles. The molecule has 2 rings (SSSR count). The van der Waals surface area contributed by atoms with Crippen molar-refractivity contribution in [2.24, 2.45) is 5.73 Å².